The average Bonchev–Trinajstić information content (AvgIpc) is 3.09. The molecule has 0 spiro atoms. The Kier molecular flexibility index (Phi) is 3.40. The van der Waals surface area contributed by atoms with E-state index in [1.807, 2.05) is 24.3 Å². The first-order valence-electron chi connectivity index (χ1n) is 5.72. The Morgan fingerprint density at radius 1 is 1.53 bits per heavy atom. The number of aliphatic hydroxyl groups excluding tert-OH is 1. The second-order valence-corrected chi connectivity index (χ2v) is 4.98. The van der Waals surface area contributed by atoms with Crippen molar-refractivity contribution in [2.75, 3.05) is 20.2 Å². The van der Waals surface area contributed by atoms with Gasteiger partial charge in [-0.25, -0.2) is 0 Å². The lowest BCUT2D eigenvalue weighted by atomic mass is 9.94. The SMILES string of the molecule is CN(CCO)C(=O)C1(c2cccc(Cl)c2)CC1. The quantitative estimate of drug-likeness (QED) is 0.889. The minimum Gasteiger partial charge on any atom is -0.395 e. The Morgan fingerprint density at radius 3 is 2.76 bits per heavy atom. The number of carbonyl (C=O) groups is 1. The van der Waals surface area contributed by atoms with Crippen LogP contribution in [0.25, 0.3) is 0 Å². The summed E-state index contributed by atoms with van der Waals surface area (Å²) in [6.07, 6.45) is 1.73. The molecule has 0 aromatic heterocycles. The Bertz CT molecular complexity index is 429. The fourth-order valence-electron chi connectivity index (χ4n) is 2.15. The van der Waals surface area contributed by atoms with Gasteiger partial charge in [0.05, 0.1) is 12.0 Å². The second kappa shape index (κ2) is 4.67. The Labute approximate surface area is 106 Å². The summed E-state index contributed by atoms with van der Waals surface area (Å²) in [5.74, 6) is 0.0776. The third kappa shape index (κ3) is 2.31. The summed E-state index contributed by atoms with van der Waals surface area (Å²) in [6, 6.07) is 7.49. The number of nitrogens with zero attached hydrogens (tertiary/aromatic N) is 1. The fourth-order valence-corrected chi connectivity index (χ4v) is 2.34. The van der Waals surface area contributed by atoms with Crippen molar-refractivity contribution < 1.29 is 9.90 Å². The van der Waals surface area contributed by atoms with Crippen LogP contribution in [-0.4, -0.2) is 36.1 Å². The van der Waals surface area contributed by atoms with Crippen LogP contribution >= 0.6 is 11.6 Å². The van der Waals surface area contributed by atoms with Crippen LogP contribution in [-0.2, 0) is 10.2 Å². The third-order valence-electron chi connectivity index (χ3n) is 3.32. The molecule has 1 aliphatic rings. The van der Waals surface area contributed by atoms with E-state index in [1.165, 1.54) is 0 Å². The van der Waals surface area contributed by atoms with E-state index < -0.39 is 5.41 Å². The molecule has 0 atom stereocenters. The lowest BCUT2D eigenvalue weighted by Crippen LogP contribution is -2.38. The van der Waals surface area contributed by atoms with Crippen molar-refractivity contribution in [3.05, 3.63) is 34.9 Å². The smallest absolute Gasteiger partial charge is 0.233 e. The minimum atomic E-state index is -0.394. The van der Waals surface area contributed by atoms with Crippen molar-refractivity contribution in [1.29, 1.82) is 0 Å². The average molecular weight is 254 g/mol. The molecule has 2 rings (SSSR count). The van der Waals surface area contributed by atoms with E-state index in [0.29, 0.717) is 11.6 Å². The largest absolute Gasteiger partial charge is 0.395 e. The molecular formula is C13H16ClNO2. The maximum Gasteiger partial charge on any atom is 0.233 e. The number of aliphatic hydroxyl groups is 1. The van der Waals surface area contributed by atoms with Crippen LogP contribution in [0.1, 0.15) is 18.4 Å². The number of carbonyl (C=O) groups excluding carboxylic acids is 1. The van der Waals surface area contributed by atoms with E-state index >= 15 is 0 Å². The maximum atomic E-state index is 12.3. The normalized spacial score (nSPS) is 16.6. The minimum absolute atomic E-state index is 0.00609. The number of amides is 1. The molecular weight excluding hydrogens is 238 g/mol. The molecule has 3 nitrogen and oxygen atoms in total. The first kappa shape index (κ1) is 12.4. The zero-order valence-corrected chi connectivity index (χ0v) is 10.6. The van der Waals surface area contributed by atoms with E-state index in [-0.39, 0.29) is 12.5 Å². The standard InChI is InChI=1S/C13H16ClNO2/c1-15(7-8-16)12(17)13(5-6-13)10-3-2-4-11(14)9-10/h2-4,9,16H,5-8H2,1H3. The van der Waals surface area contributed by atoms with Crippen LogP contribution in [0.3, 0.4) is 0 Å². The summed E-state index contributed by atoms with van der Waals surface area (Å²) < 4.78 is 0. The van der Waals surface area contributed by atoms with Gasteiger partial charge in [0.25, 0.3) is 0 Å². The van der Waals surface area contributed by atoms with Gasteiger partial charge in [0.15, 0.2) is 0 Å². The Hall–Kier alpha value is -1.06. The topological polar surface area (TPSA) is 40.5 Å². The highest BCUT2D eigenvalue weighted by Gasteiger charge is 2.52. The number of halogens is 1. The molecule has 0 unspecified atom stereocenters. The summed E-state index contributed by atoms with van der Waals surface area (Å²) in [5.41, 5.74) is 0.592. The molecule has 0 radical (unpaired) electrons. The lowest BCUT2D eigenvalue weighted by Gasteiger charge is -2.23. The zero-order valence-electron chi connectivity index (χ0n) is 9.82. The van der Waals surface area contributed by atoms with Crippen molar-refractivity contribution in [2.45, 2.75) is 18.3 Å². The predicted octanol–water partition coefficient (Wildman–Crippen LogP) is 1.82. The van der Waals surface area contributed by atoms with Crippen LogP contribution in [0, 0.1) is 0 Å². The molecule has 1 N–H and O–H groups in total. The number of hydrogen-bond donors (Lipinski definition) is 1. The van der Waals surface area contributed by atoms with Gasteiger partial charge in [-0.05, 0) is 30.5 Å². The highest BCUT2D eigenvalue weighted by molar-refractivity contribution is 6.30. The third-order valence-corrected chi connectivity index (χ3v) is 3.55. The van der Waals surface area contributed by atoms with Gasteiger partial charge in [-0.1, -0.05) is 23.7 Å². The number of benzene rings is 1. The molecule has 0 saturated heterocycles. The van der Waals surface area contributed by atoms with E-state index in [9.17, 15) is 4.79 Å². The molecule has 0 bridgehead atoms. The summed E-state index contributed by atoms with van der Waals surface area (Å²) in [4.78, 5) is 13.9. The van der Waals surface area contributed by atoms with E-state index in [2.05, 4.69) is 0 Å². The van der Waals surface area contributed by atoms with Crippen molar-refractivity contribution in [3.63, 3.8) is 0 Å². The van der Waals surface area contributed by atoms with Gasteiger partial charge in [0, 0.05) is 18.6 Å². The van der Waals surface area contributed by atoms with Gasteiger partial charge in [0.2, 0.25) is 5.91 Å². The fraction of sp³-hybridized carbons (Fsp3) is 0.462. The number of rotatable bonds is 4. The van der Waals surface area contributed by atoms with Gasteiger partial charge >= 0.3 is 0 Å². The summed E-state index contributed by atoms with van der Waals surface area (Å²) >= 11 is 5.96. The van der Waals surface area contributed by atoms with Gasteiger partial charge in [-0.2, -0.15) is 0 Å². The second-order valence-electron chi connectivity index (χ2n) is 4.54. The van der Waals surface area contributed by atoms with Crippen molar-refractivity contribution >= 4 is 17.5 Å². The number of hydrogen-bond acceptors (Lipinski definition) is 2. The first-order valence-corrected chi connectivity index (χ1v) is 6.10. The molecule has 1 aromatic rings. The summed E-state index contributed by atoms with van der Waals surface area (Å²) in [7, 11) is 1.73. The Balaban J connectivity index is 2.22. The molecule has 0 heterocycles. The monoisotopic (exact) mass is 253 g/mol. The summed E-state index contributed by atoms with van der Waals surface area (Å²) in [5, 5.41) is 9.53. The van der Waals surface area contributed by atoms with E-state index in [4.69, 9.17) is 16.7 Å². The van der Waals surface area contributed by atoms with Crippen LogP contribution in [0.2, 0.25) is 5.02 Å². The van der Waals surface area contributed by atoms with Crippen molar-refractivity contribution in [2.24, 2.45) is 0 Å². The lowest BCUT2D eigenvalue weighted by molar-refractivity contribution is -0.133. The Morgan fingerprint density at radius 2 is 2.24 bits per heavy atom. The van der Waals surface area contributed by atoms with Gasteiger partial charge in [0.1, 0.15) is 0 Å². The predicted molar refractivity (Wildman–Crippen MR) is 67.1 cm³/mol. The molecule has 0 aliphatic heterocycles. The first-order chi connectivity index (χ1) is 8.10. The van der Waals surface area contributed by atoms with Crippen LogP contribution < -0.4 is 0 Å². The molecule has 1 aliphatic carbocycles. The molecule has 4 heteroatoms. The zero-order chi connectivity index (χ0) is 12.5. The molecule has 1 saturated carbocycles. The van der Waals surface area contributed by atoms with Crippen molar-refractivity contribution in [3.8, 4) is 0 Å². The number of likely N-dealkylation sites (N-methyl/N-ethyl adjacent to an activating group) is 1. The summed E-state index contributed by atoms with van der Waals surface area (Å²) in [6.45, 7) is 0.370. The van der Waals surface area contributed by atoms with Gasteiger partial charge in [-0.15, -0.1) is 0 Å². The van der Waals surface area contributed by atoms with Crippen LogP contribution in [0.4, 0.5) is 0 Å². The van der Waals surface area contributed by atoms with E-state index in [0.717, 1.165) is 18.4 Å². The molecule has 92 valence electrons. The molecule has 17 heavy (non-hydrogen) atoms. The van der Waals surface area contributed by atoms with Crippen LogP contribution in [0.5, 0.6) is 0 Å². The molecule has 1 amide bonds. The highest BCUT2D eigenvalue weighted by atomic mass is 35.5. The highest BCUT2D eigenvalue weighted by Crippen LogP contribution is 2.49. The van der Waals surface area contributed by atoms with Crippen LogP contribution in [0.15, 0.2) is 24.3 Å². The van der Waals surface area contributed by atoms with Gasteiger partial charge in [-0.3, -0.25) is 4.79 Å². The molecule has 1 aromatic carbocycles. The van der Waals surface area contributed by atoms with Gasteiger partial charge < -0.3 is 10.0 Å². The molecule has 1 fully saturated rings. The van der Waals surface area contributed by atoms with Crippen molar-refractivity contribution in [1.82, 2.24) is 4.90 Å². The maximum absolute atomic E-state index is 12.3. The van der Waals surface area contributed by atoms with E-state index in [1.54, 1.807) is 11.9 Å².